The minimum atomic E-state index is 0.0465. The molecule has 3 nitrogen and oxygen atoms in total. The summed E-state index contributed by atoms with van der Waals surface area (Å²) in [5.41, 5.74) is 3.23. The van der Waals surface area contributed by atoms with E-state index in [9.17, 15) is 5.11 Å². The van der Waals surface area contributed by atoms with Crippen LogP contribution in [0.1, 0.15) is 25.0 Å². The van der Waals surface area contributed by atoms with Crippen molar-refractivity contribution in [2.24, 2.45) is 0 Å². The van der Waals surface area contributed by atoms with Gasteiger partial charge >= 0.3 is 0 Å². The van der Waals surface area contributed by atoms with Crippen LogP contribution in [0.25, 0.3) is 6.08 Å². The van der Waals surface area contributed by atoms with Crippen LogP contribution in [-0.2, 0) is 6.42 Å². The van der Waals surface area contributed by atoms with Crippen molar-refractivity contribution in [1.82, 2.24) is 0 Å². The van der Waals surface area contributed by atoms with Crippen LogP contribution in [0.5, 0.6) is 17.2 Å². The number of phenolic OH excluding ortho intramolecular Hbond substituents is 1. The predicted molar refractivity (Wildman–Crippen MR) is 98.8 cm³/mol. The number of allylic oxidation sites excluding steroid dienone is 2. The van der Waals surface area contributed by atoms with Crippen LogP contribution in [-0.4, -0.2) is 18.8 Å². The fraction of sp³-hybridized carbons (Fsp3) is 0.238. The van der Waals surface area contributed by atoms with Crippen molar-refractivity contribution in [3.05, 3.63) is 71.3 Å². The van der Waals surface area contributed by atoms with Crippen molar-refractivity contribution < 1.29 is 14.6 Å². The van der Waals surface area contributed by atoms with Crippen LogP contribution in [0.15, 0.2) is 60.2 Å². The molecule has 0 aliphatic carbocycles. The summed E-state index contributed by atoms with van der Waals surface area (Å²) in [5.74, 6) is 0.938. The Morgan fingerprint density at radius 1 is 1.08 bits per heavy atom. The topological polar surface area (TPSA) is 38.7 Å². The molecule has 0 aliphatic heterocycles. The number of hydrogen-bond acceptors (Lipinski definition) is 3. The van der Waals surface area contributed by atoms with Gasteiger partial charge in [0.15, 0.2) is 11.5 Å². The molecule has 24 heavy (non-hydrogen) atoms. The van der Waals surface area contributed by atoms with Crippen LogP contribution < -0.4 is 9.47 Å². The Bertz CT molecular complexity index is 711. The number of hydrogen-bond donors (Lipinski definition) is 1. The highest BCUT2D eigenvalue weighted by atomic mass is 16.5. The van der Waals surface area contributed by atoms with Crippen LogP contribution in [0, 0.1) is 0 Å². The Balaban J connectivity index is 2.19. The standard InChI is InChI=1S/C21H24O3/c1-16(2)14-15-24-21-18(12-13-19(23-3)20(21)22)11-7-10-17-8-5-4-6-9-17/h4-10,12-14,22H,11,15H2,1-3H3/b10-7+. The van der Waals surface area contributed by atoms with Gasteiger partial charge in [0, 0.05) is 5.56 Å². The van der Waals surface area contributed by atoms with Gasteiger partial charge in [-0.15, -0.1) is 0 Å². The van der Waals surface area contributed by atoms with Gasteiger partial charge < -0.3 is 14.6 Å². The summed E-state index contributed by atoms with van der Waals surface area (Å²) in [5, 5.41) is 10.4. The van der Waals surface area contributed by atoms with E-state index in [4.69, 9.17) is 9.47 Å². The molecule has 2 aromatic carbocycles. The quantitative estimate of drug-likeness (QED) is 0.728. The molecule has 0 atom stereocenters. The highest BCUT2D eigenvalue weighted by Gasteiger charge is 2.13. The molecule has 2 rings (SSSR count). The lowest BCUT2D eigenvalue weighted by atomic mass is 10.1. The van der Waals surface area contributed by atoms with E-state index in [1.807, 2.05) is 56.3 Å². The highest BCUT2D eigenvalue weighted by Crippen LogP contribution is 2.39. The molecule has 0 bridgehead atoms. The Morgan fingerprint density at radius 2 is 1.83 bits per heavy atom. The number of ether oxygens (including phenoxy) is 2. The predicted octanol–water partition coefficient (Wildman–Crippen LogP) is 5.00. The van der Waals surface area contributed by atoms with E-state index in [0.717, 1.165) is 11.1 Å². The molecule has 0 fully saturated rings. The third-order valence-corrected chi connectivity index (χ3v) is 3.56. The second kappa shape index (κ2) is 8.82. The maximum atomic E-state index is 10.4. The molecule has 0 amide bonds. The molecule has 0 radical (unpaired) electrons. The zero-order valence-electron chi connectivity index (χ0n) is 14.5. The second-order valence-corrected chi connectivity index (χ2v) is 5.71. The molecule has 0 saturated carbocycles. The van der Waals surface area contributed by atoms with Crippen molar-refractivity contribution >= 4 is 6.08 Å². The number of rotatable bonds is 7. The summed E-state index contributed by atoms with van der Waals surface area (Å²) in [6, 6.07) is 13.8. The third-order valence-electron chi connectivity index (χ3n) is 3.56. The summed E-state index contributed by atoms with van der Waals surface area (Å²) in [6.07, 6.45) is 6.75. The third kappa shape index (κ3) is 4.92. The van der Waals surface area contributed by atoms with Crippen LogP contribution in [0.2, 0.25) is 0 Å². The highest BCUT2D eigenvalue weighted by molar-refractivity contribution is 5.56. The first kappa shape index (κ1) is 17.7. The maximum absolute atomic E-state index is 10.4. The van der Waals surface area contributed by atoms with Gasteiger partial charge in [0.2, 0.25) is 5.75 Å². The van der Waals surface area contributed by atoms with Gasteiger partial charge in [-0.05, 0) is 38.0 Å². The van der Waals surface area contributed by atoms with Crippen molar-refractivity contribution in [2.45, 2.75) is 20.3 Å². The molecule has 0 unspecified atom stereocenters. The van der Waals surface area contributed by atoms with Crippen LogP contribution in [0.4, 0.5) is 0 Å². The molecule has 126 valence electrons. The summed E-state index contributed by atoms with van der Waals surface area (Å²) in [6.45, 7) is 4.44. The van der Waals surface area contributed by atoms with Crippen molar-refractivity contribution in [1.29, 1.82) is 0 Å². The van der Waals surface area contributed by atoms with E-state index in [1.165, 1.54) is 12.7 Å². The Hall–Kier alpha value is -2.68. The number of aromatic hydroxyl groups is 1. The lowest BCUT2D eigenvalue weighted by molar-refractivity contribution is 0.315. The van der Waals surface area contributed by atoms with Gasteiger partial charge in [0.1, 0.15) is 6.61 Å². The van der Waals surface area contributed by atoms with Gasteiger partial charge in [-0.25, -0.2) is 0 Å². The first-order valence-electron chi connectivity index (χ1n) is 7.98. The number of benzene rings is 2. The van der Waals surface area contributed by atoms with Crippen LogP contribution in [0.3, 0.4) is 0 Å². The minimum Gasteiger partial charge on any atom is -0.502 e. The van der Waals surface area contributed by atoms with Gasteiger partial charge in [0.25, 0.3) is 0 Å². The molecule has 0 saturated heterocycles. The zero-order chi connectivity index (χ0) is 17.4. The van der Waals surface area contributed by atoms with Gasteiger partial charge in [-0.3, -0.25) is 0 Å². The summed E-state index contributed by atoms with van der Waals surface area (Å²) in [4.78, 5) is 0. The van der Waals surface area contributed by atoms with Crippen molar-refractivity contribution in [2.75, 3.05) is 13.7 Å². The van der Waals surface area contributed by atoms with E-state index in [0.29, 0.717) is 24.5 Å². The monoisotopic (exact) mass is 324 g/mol. The molecule has 0 heterocycles. The van der Waals surface area contributed by atoms with E-state index in [-0.39, 0.29) is 5.75 Å². The Kier molecular flexibility index (Phi) is 6.50. The molecule has 2 aromatic rings. The van der Waals surface area contributed by atoms with Gasteiger partial charge in [0.05, 0.1) is 7.11 Å². The molecular formula is C21H24O3. The average molecular weight is 324 g/mol. The summed E-state index contributed by atoms with van der Waals surface area (Å²) in [7, 11) is 1.53. The molecule has 0 spiro atoms. The normalized spacial score (nSPS) is 10.6. The molecule has 0 aliphatic rings. The SMILES string of the molecule is COc1ccc(C/C=C/c2ccccc2)c(OCC=C(C)C)c1O. The lowest BCUT2D eigenvalue weighted by Gasteiger charge is -2.14. The second-order valence-electron chi connectivity index (χ2n) is 5.71. The smallest absolute Gasteiger partial charge is 0.201 e. The molecular weight excluding hydrogens is 300 g/mol. The largest absolute Gasteiger partial charge is 0.502 e. The van der Waals surface area contributed by atoms with Crippen molar-refractivity contribution in [3.63, 3.8) is 0 Å². The van der Waals surface area contributed by atoms with Gasteiger partial charge in [-0.1, -0.05) is 54.1 Å². The fourth-order valence-corrected chi connectivity index (χ4v) is 2.26. The maximum Gasteiger partial charge on any atom is 0.201 e. The zero-order valence-corrected chi connectivity index (χ0v) is 14.5. The molecule has 1 N–H and O–H groups in total. The van der Waals surface area contributed by atoms with E-state index >= 15 is 0 Å². The fourth-order valence-electron chi connectivity index (χ4n) is 2.26. The average Bonchev–Trinajstić information content (AvgIpc) is 2.58. The Morgan fingerprint density at radius 3 is 2.50 bits per heavy atom. The summed E-state index contributed by atoms with van der Waals surface area (Å²) >= 11 is 0. The van der Waals surface area contributed by atoms with E-state index in [2.05, 4.69) is 12.2 Å². The molecule has 0 aromatic heterocycles. The van der Waals surface area contributed by atoms with E-state index in [1.54, 1.807) is 6.07 Å². The first-order chi connectivity index (χ1) is 11.6. The van der Waals surface area contributed by atoms with Crippen molar-refractivity contribution in [3.8, 4) is 17.2 Å². The molecule has 3 heteroatoms. The summed E-state index contributed by atoms with van der Waals surface area (Å²) < 4.78 is 11.0. The van der Waals surface area contributed by atoms with Gasteiger partial charge in [-0.2, -0.15) is 0 Å². The minimum absolute atomic E-state index is 0.0465. The number of methoxy groups -OCH3 is 1. The number of phenols is 1. The van der Waals surface area contributed by atoms with E-state index < -0.39 is 0 Å². The van der Waals surface area contributed by atoms with Crippen LogP contribution >= 0.6 is 0 Å². The first-order valence-corrected chi connectivity index (χ1v) is 7.98. The lowest BCUT2D eigenvalue weighted by Crippen LogP contribution is -1.99. The Labute approximate surface area is 143 Å².